The van der Waals surface area contributed by atoms with Gasteiger partial charge < -0.3 is 9.47 Å². The van der Waals surface area contributed by atoms with Crippen LogP contribution in [0.1, 0.15) is 11.1 Å². The van der Waals surface area contributed by atoms with E-state index in [0.29, 0.717) is 46.4 Å². The summed E-state index contributed by atoms with van der Waals surface area (Å²) in [5.74, 6) is 0.200. The number of nitrogens with one attached hydrogen (secondary N) is 4. The fraction of sp³-hybridized carbons (Fsp3) is 0. The summed E-state index contributed by atoms with van der Waals surface area (Å²) in [5, 5.41) is 0.620. The monoisotopic (exact) mass is 1280 g/mol. The van der Waals surface area contributed by atoms with Crippen LogP contribution < -0.4 is 31.9 Å². The molecule has 428 valence electrons. The van der Waals surface area contributed by atoms with Crippen molar-refractivity contribution in [3.63, 3.8) is 0 Å². The molecule has 0 saturated carbocycles. The smallest absolute Gasteiger partial charge is 0.305 e. The molecule has 0 amide bonds. The van der Waals surface area contributed by atoms with Crippen molar-refractivity contribution in [2.24, 2.45) is 20.0 Å². The highest BCUT2D eigenvalue weighted by Crippen LogP contribution is 2.31. The van der Waals surface area contributed by atoms with E-state index >= 15 is 0 Å². The molecule has 38 heteroatoms. The van der Waals surface area contributed by atoms with Gasteiger partial charge in [-0.2, -0.15) is 60.5 Å². The summed E-state index contributed by atoms with van der Waals surface area (Å²) in [6.07, 6.45) is 2.04. The van der Waals surface area contributed by atoms with Crippen molar-refractivity contribution in [2.75, 3.05) is 0 Å². The lowest BCUT2D eigenvalue weighted by Crippen LogP contribution is -2.27. The van der Waals surface area contributed by atoms with E-state index in [1.807, 2.05) is 0 Å². The number of H-pyrrole nitrogens is 4. The number of benzene rings is 6. The second-order valence-electron chi connectivity index (χ2n) is 16.1. The van der Waals surface area contributed by atoms with Crippen LogP contribution in [0.2, 0.25) is 10.0 Å². The van der Waals surface area contributed by atoms with Gasteiger partial charge in [0.25, 0.3) is 60.7 Å². The van der Waals surface area contributed by atoms with Gasteiger partial charge in [0.05, 0.1) is 32.5 Å². The quantitative estimate of drug-likeness (QED) is 0.0435. The number of aromatic amines is 4. The van der Waals surface area contributed by atoms with Crippen molar-refractivity contribution in [2.45, 2.75) is 29.4 Å². The number of halogens is 2. The number of rotatable bonds is 16. The molecule has 10 N–H and O–H groups in total. The third-order valence-corrected chi connectivity index (χ3v) is 16.1. The van der Waals surface area contributed by atoms with Gasteiger partial charge >= 0.3 is 12.0 Å². The number of ether oxygens (including phenoxy) is 2. The first-order valence-corrected chi connectivity index (χ1v) is 31.1. The van der Waals surface area contributed by atoms with Gasteiger partial charge in [0, 0.05) is 10.0 Å². The molecular weight excluding hydrogens is 1250 g/mol. The van der Waals surface area contributed by atoms with E-state index in [1.165, 1.54) is 60.7 Å². The Morgan fingerprint density at radius 3 is 1.05 bits per heavy atom. The zero-order valence-corrected chi connectivity index (χ0v) is 46.4. The maximum Gasteiger partial charge on any atom is 0.305 e. The Morgan fingerprint density at radius 1 is 0.390 bits per heavy atom. The molecule has 0 radical (unpaired) electrons. The minimum atomic E-state index is -5.19. The Balaban J connectivity index is 1.21. The summed E-state index contributed by atoms with van der Waals surface area (Å²) in [4.78, 5) is 29.8. The molecule has 0 spiro atoms. The van der Waals surface area contributed by atoms with Crippen LogP contribution in [0, 0.1) is 0 Å². The SMILES string of the molecule is O=S(=O)(O)c1ccc(S(=O)(=O)O)c(N=c2[nH]c(Oc3ccc(Cl)cc3)nc(=Nc3ccc(/C=C/c4ccc(N=c5nc(Oc6ccc(Cl)cc6)[nH]c(=Nc6cc(S(=O)(=O)O)ccc6S(=O)(=O)O)[nH]5)cc4S(=O)(=O)O)c(S(=O)(=O)O)c3)[nH]2)c1. The average molecular weight is 1280 g/mol. The van der Waals surface area contributed by atoms with Gasteiger partial charge in [-0.25, -0.2) is 20.0 Å². The maximum absolute atomic E-state index is 12.9. The van der Waals surface area contributed by atoms with Crippen molar-refractivity contribution in [1.29, 1.82) is 0 Å². The van der Waals surface area contributed by atoms with Gasteiger partial charge in [-0.15, -0.1) is 0 Å². The van der Waals surface area contributed by atoms with Crippen LogP contribution in [0.5, 0.6) is 23.5 Å². The van der Waals surface area contributed by atoms with Gasteiger partial charge in [-0.3, -0.25) is 47.3 Å². The minimum absolute atomic E-state index is 0.100. The first kappa shape index (κ1) is 60.0. The summed E-state index contributed by atoms with van der Waals surface area (Å²) in [6.45, 7) is 0. The van der Waals surface area contributed by atoms with E-state index in [4.69, 9.17) is 32.7 Å². The summed E-state index contributed by atoms with van der Waals surface area (Å²) in [6, 6.07) is 20.5. The van der Waals surface area contributed by atoms with E-state index in [1.54, 1.807) is 0 Å². The van der Waals surface area contributed by atoms with E-state index in [0.717, 1.165) is 36.4 Å². The highest BCUT2D eigenvalue weighted by Gasteiger charge is 2.23. The van der Waals surface area contributed by atoms with E-state index in [2.05, 4.69) is 49.9 Å². The number of hydrogen-bond donors (Lipinski definition) is 10. The molecule has 2 aromatic heterocycles. The molecule has 0 unspecified atom stereocenters. The van der Waals surface area contributed by atoms with Crippen molar-refractivity contribution in [3.8, 4) is 23.5 Å². The molecule has 82 heavy (non-hydrogen) atoms. The largest absolute Gasteiger partial charge is 0.426 e. The normalized spacial score (nSPS) is 13.7. The van der Waals surface area contributed by atoms with Crippen LogP contribution in [0.25, 0.3) is 12.2 Å². The van der Waals surface area contributed by atoms with Gasteiger partial charge in [-0.1, -0.05) is 47.5 Å². The average Bonchev–Trinajstić information content (AvgIpc) is 3.52. The van der Waals surface area contributed by atoms with Crippen LogP contribution in [-0.2, 0) is 60.7 Å². The molecule has 6 aromatic carbocycles. The summed E-state index contributed by atoms with van der Waals surface area (Å²) in [7, 11) is -30.5. The minimum Gasteiger partial charge on any atom is -0.426 e. The third-order valence-electron chi connectivity index (χ3n) is 10.3. The molecule has 30 nitrogen and oxygen atoms in total. The van der Waals surface area contributed by atoms with Crippen LogP contribution in [0.4, 0.5) is 22.7 Å². The van der Waals surface area contributed by atoms with E-state index in [9.17, 15) is 77.8 Å². The Kier molecular flexibility index (Phi) is 16.9. The predicted octanol–water partition coefficient (Wildman–Crippen LogP) is 5.26. The van der Waals surface area contributed by atoms with Crippen molar-refractivity contribution < 1.29 is 87.3 Å². The topological polar surface area (TPSA) is 483 Å². The molecule has 0 fully saturated rings. The molecule has 0 saturated heterocycles. The Labute approximate surface area is 470 Å². The lowest BCUT2D eigenvalue weighted by Gasteiger charge is -2.08. The van der Waals surface area contributed by atoms with Crippen LogP contribution in [0.15, 0.2) is 171 Å². The lowest BCUT2D eigenvalue weighted by atomic mass is 10.1. The fourth-order valence-corrected chi connectivity index (χ4v) is 10.7. The molecule has 2 heterocycles. The second-order valence-corrected chi connectivity index (χ2v) is 25.4. The number of nitrogens with zero attached hydrogens (tertiary/aromatic N) is 6. The van der Waals surface area contributed by atoms with Crippen LogP contribution in [-0.4, -0.2) is 108 Å². The third kappa shape index (κ3) is 15.5. The Hall–Kier alpha value is -8.08. The molecule has 0 atom stereocenters. The van der Waals surface area contributed by atoms with Crippen molar-refractivity contribution in [3.05, 3.63) is 165 Å². The molecular formula is C44H32Cl2N10O20S6. The molecule has 0 aliphatic carbocycles. The molecule has 0 aliphatic heterocycles. The van der Waals surface area contributed by atoms with Gasteiger partial charge in [0.2, 0.25) is 22.5 Å². The molecule has 0 bridgehead atoms. The molecule has 8 rings (SSSR count). The van der Waals surface area contributed by atoms with Gasteiger partial charge in [0.1, 0.15) is 31.1 Å². The molecule has 0 aliphatic rings. The Bertz CT molecular complexity index is 4650. The highest BCUT2D eigenvalue weighted by atomic mass is 35.5. The summed E-state index contributed by atoms with van der Waals surface area (Å²) in [5.41, 5.74) is -4.71. The molecule has 8 aromatic rings. The number of aromatic nitrogens is 6. The first-order chi connectivity index (χ1) is 38.1. The summed E-state index contributed by atoms with van der Waals surface area (Å²) >= 11 is 12.0. The Morgan fingerprint density at radius 2 is 0.732 bits per heavy atom. The summed E-state index contributed by atoms with van der Waals surface area (Å²) < 4.78 is 219. The predicted molar refractivity (Wildman–Crippen MR) is 283 cm³/mol. The zero-order valence-electron chi connectivity index (χ0n) is 40.0. The fourth-order valence-electron chi connectivity index (χ4n) is 6.82. The lowest BCUT2D eigenvalue weighted by molar-refractivity contribution is 0.431. The van der Waals surface area contributed by atoms with E-state index in [-0.39, 0.29) is 34.0 Å². The second kappa shape index (κ2) is 23.0. The van der Waals surface area contributed by atoms with Crippen LogP contribution >= 0.6 is 23.2 Å². The van der Waals surface area contributed by atoms with Crippen LogP contribution in [0.3, 0.4) is 0 Å². The van der Waals surface area contributed by atoms with Gasteiger partial charge in [0.15, 0.2) is 0 Å². The van der Waals surface area contributed by atoms with Crippen molar-refractivity contribution >= 4 is 119 Å². The highest BCUT2D eigenvalue weighted by molar-refractivity contribution is 7.87. The van der Waals surface area contributed by atoms with Crippen molar-refractivity contribution in [1.82, 2.24) is 29.9 Å². The van der Waals surface area contributed by atoms with Gasteiger partial charge in [-0.05, 0) is 120 Å². The zero-order chi connectivity index (χ0) is 59.7. The first-order valence-electron chi connectivity index (χ1n) is 21.7. The maximum atomic E-state index is 12.9. The number of hydrogen-bond acceptors (Lipinski definition) is 20. The standard InChI is InChI=1S/C44H32Cl2N10O20S6/c45-25-5-11-29(12-6-25)75-43-53-39(51-41(55-43)49-33-21-31(77(57,58)59)15-17-35(33)79(63,64)65)47-27-9-3-23(37(19-27)81(69,70)71)1-2-24-4-10-28(20-38(24)82(72,73)74)48-40-52-42(56-44(54-40)76-30-13-7-26(46)8-14-30)50-34-22-32(78(60,61)62)16-18-36(34)80(66,67)68/h1-22H,(H,57,58,59)(H,60,61,62)(H,63,64,65)(H,66,67,68)(H,69,70,71)(H,72,73,74)(H2,47,49,51,53,55)(H2,48,50,52,54,56)/b2-1+. The van der Waals surface area contributed by atoms with E-state index < -0.39 is 136 Å².